The molecule has 0 spiro atoms. The van der Waals surface area contributed by atoms with Crippen molar-refractivity contribution in [2.24, 2.45) is 0 Å². The van der Waals surface area contributed by atoms with E-state index < -0.39 is 0 Å². The summed E-state index contributed by atoms with van der Waals surface area (Å²) in [7, 11) is 0. The van der Waals surface area contributed by atoms with Crippen LogP contribution in [0.3, 0.4) is 0 Å². The first-order valence-electron chi connectivity index (χ1n) is 7.91. The van der Waals surface area contributed by atoms with Crippen molar-refractivity contribution in [2.45, 2.75) is 39.0 Å². The van der Waals surface area contributed by atoms with Crippen molar-refractivity contribution < 1.29 is 0 Å². The summed E-state index contributed by atoms with van der Waals surface area (Å²) in [5.41, 5.74) is 2.35. The Labute approximate surface area is 127 Å². The molecular formula is C18H21BN2. The maximum absolute atomic E-state index is 3.48. The lowest BCUT2D eigenvalue weighted by atomic mass is 9.74. The van der Waals surface area contributed by atoms with Gasteiger partial charge >= 0.3 is 6.98 Å². The summed E-state index contributed by atoms with van der Waals surface area (Å²) in [5, 5.41) is 9.48. The molecule has 0 saturated heterocycles. The predicted octanol–water partition coefficient (Wildman–Crippen LogP) is 4.68. The van der Waals surface area contributed by atoms with Crippen molar-refractivity contribution in [1.82, 2.24) is 0 Å². The molecule has 0 bridgehead atoms. The highest BCUT2D eigenvalue weighted by Crippen LogP contribution is 2.33. The lowest BCUT2D eigenvalue weighted by Gasteiger charge is -2.23. The van der Waals surface area contributed by atoms with Crippen LogP contribution in [0, 0.1) is 11.7 Å². The Morgan fingerprint density at radius 1 is 0.952 bits per heavy atom. The fraction of sp³-hybridized carbons (Fsp3) is 0.333. The first-order valence-corrected chi connectivity index (χ1v) is 7.91. The van der Waals surface area contributed by atoms with Gasteiger partial charge in [-0.1, -0.05) is 56.3 Å². The minimum absolute atomic E-state index is 0.0108. The van der Waals surface area contributed by atoms with Crippen LogP contribution in [0.25, 0.3) is 10.8 Å². The molecule has 0 aromatic heterocycles. The summed E-state index contributed by atoms with van der Waals surface area (Å²) < 4.78 is 0. The fourth-order valence-corrected chi connectivity index (χ4v) is 2.82. The first kappa shape index (κ1) is 13.9. The van der Waals surface area contributed by atoms with Crippen LogP contribution in [-0.2, 0) is 0 Å². The van der Waals surface area contributed by atoms with Gasteiger partial charge in [0.1, 0.15) is 0 Å². The van der Waals surface area contributed by atoms with Crippen LogP contribution >= 0.6 is 0 Å². The van der Waals surface area contributed by atoms with E-state index in [0.717, 1.165) is 6.42 Å². The van der Waals surface area contributed by atoms with E-state index in [-0.39, 0.29) is 6.98 Å². The van der Waals surface area contributed by atoms with Gasteiger partial charge in [0.15, 0.2) is 0 Å². The Hall–Kier alpha value is -2.08. The van der Waals surface area contributed by atoms with Crippen molar-refractivity contribution in [3.63, 3.8) is 0 Å². The molecule has 1 heterocycles. The zero-order chi connectivity index (χ0) is 14.5. The van der Waals surface area contributed by atoms with E-state index in [2.05, 4.69) is 65.5 Å². The third-order valence-electron chi connectivity index (χ3n) is 3.91. The minimum Gasteiger partial charge on any atom is -0.398 e. The summed E-state index contributed by atoms with van der Waals surface area (Å²) in [6, 6.07) is 12.7. The maximum Gasteiger partial charge on any atom is 0.460 e. The standard InChI is InChI=1S/C18H21BN2/c1-2-3-4-5-6-7-14-19-20-16-12-8-10-15-11-9-13-17(21-19)18(15)16/h8-13,20-21H,2-6H2,1H3. The number of hydrogen-bond acceptors (Lipinski definition) is 2. The molecule has 0 unspecified atom stereocenters. The third-order valence-corrected chi connectivity index (χ3v) is 3.91. The molecule has 2 nitrogen and oxygen atoms in total. The molecule has 106 valence electrons. The van der Waals surface area contributed by atoms with E-state index >= 15 is 0 Å². The van der Waals surface area contributed by atoms with Crippen molar-refractivity contribution in [3.05, 3.63) is 36.4 Å². The van der Waals surface area contributed by atoms with Gasteiger partial charge in [-0.2, -0.15) is 0 Å². The molecule has 0 atom stereocenters. The van der Waals surface area contributed by atoms with Gasteiger partial charge in [0.05, 0.1) is 0 Å². The van der Waals surface area contributed by atoms with Crippen LogP contribution in [0.2, 0.25) is 0 Å². The molecule has 2 aromatic carbocycles. The zero-order valence-corrected chi connectivity index (χ0v) is 12.6. The van der Waals surface area contributed by atoms with Crippen LogP contribution in [0.5, 0.6) is 0 Å². The van der Waals surface area contributed by atoms with Crippen LogP contribution in [-0.4, -0.2) is 6.98 Å². The van der Waals surface area contributed by atoms with E-state index in [9.17, 15) is 0 Å². The van der Waals surface area contributed by atoms with Crippen LogP contribution < -0.4 is 10.5 Å². The predicted molar refractivity (Wildman–Crippen MR) is 93.5 cm³/mol. The average molecular weight is 276 g/mol. The molecule has 3 heteroatoms. The number of unbranched alkanes of at least 4 members (excludes halogenated alkanes) is 4. The number of benzene rings is 2. The minimum atomic E-state index is 0.0108. The molecular weight excluding hydrogens is 255 g/mol. The number of hydrogen-bond donors (Lipinski definition) is 2. The molecule has 1 aliphatic rings. The summed E-state index contributed by atoms with van der Waals surface area (Å²) in [6.45, 7) is 2.25. The zero-order valence-electron chi connectivity index (χ0n) is 12.6. The first-order chi connectivity index (χ1) is 10.4. The molecule has 2 aromatic rings. The van der Waals surface area contributed by atoms with E-state index in [4.69, 9.17) is 0 Å². The molecule has 0 radical (unpaired) electrons. The number of nitrogens with one attached hydrogen (secondary N) is 2. The Morgan fingerprint density at radius 2 is 1.67 bits per heavy atom. The fourth-order valence-electron chi connectivity index (χ4n) is 2.82. The molecule has 3 rings (SSSR count). The van der Waals surface area contributed by atoms with Crippen molar-refractivity contribution in [2.75, 3.05) is 10.5 Å². The summed E-state index contributed by atoms with van der Waals surface area (Å²) in [5.74, 6) is 6.61. The van der Waals surface area contributed by atoms with Crippen LogP contribution in [0.4, 0.5) is 11.4 Å². The Kier molecular flexibility index (Phi) is 4.35. The number of rotatable bonds is 4. The molecule has 0 saturated carbocycles. The van der Waals surface area contributed by atoms with Crippen LogP contribution in [0.15, 0.2) is 36.4 Å². The third kappa shape index (κ3) is 3.16. The highest BCUT2D eigenvalue weighted by molar-refractivity contribution is 6.75. The second kappa shape index (κ2) is 6.58. The summed E-state index contributed by atoms with van der Waals surface area (Å²) >= 11 is 0. The molecule has 0 aliphatic carbocycles. The van der Waals surface area contributed by atoms with Gasteiger partial charge in [-0.25, -0.2) is 0 Å². The highest BCUT2D eigenvalue weighted by atomic mass is 15.0. The molecule has 21 heavy (non-hydrogen) atoms. The average Bonchev–Trinajstić information content (AvgIpc) is 2.51. The monoisotopic (exact) mass is 276 g/mol. The SMILES string of the molecule is CCCCCCC#CB1Nc2cccc3cccc(c23)N1. The van der Waals surface area contributed by atoms with Gasteiger partial charge in [-0.05, 0) is 23.9 Å². The van der Waals surface area contributed by atoms with E-state index in [1.54, 1.807) is 0 Å². The summed E-state index contributed by atoms with van der Waals surface area (Å²) in [6.07, 6.45) is 6.08. The van der Waals surface area contributed by atoms with Crippen LogP contribution in [0.1, 0.15) is 39.0 Å². The topological polar surface area (TPSA) is 24.1 Å². The molecule has 2 N–H and O–H groups in total. The van der Waals surface area contributed by atoms with Gasteiger partial charge in [0.25, 0.3) is 0 Å². The quantitative estimate of drug-likeness (QED) is 0.481. The van der Waals surface area contributed by atoms with Crippen molar-refractivity contribution >= 4 is 29.1 Å². The second-order valence-corrected chi connectivity index (χ2v) is 5.56. The van der Waals surface area contributed by atoms with Gasteiger partial charge < -0.3 is 10.5 Å². The molecule has 0 fully saturated rings. The van der Waals surface area contributed by atoms with Crippen molar-refractivity contribution in [3.8, 4) is 11.7 Å². The second-order valence-electron chi connectivity index (χ2n) is 5.56. The van der Waals surface area contributed by atoms with Gasteiger partial charge in [0.2, 0.25) is 0 Å². The smallest absolute Gasteiger partial charge is 0.398 e. The van der Waals surface area contributed by atoms with E-state index in [1.165, 1.54) is 47.8 Å². The van der Waals surface area contributed by atoms with E-state index in [1.807, 2.05) is 0 Å². The van der Waals surface area contributed by atoms with Gasteiger partial charge in [-0.15, -0.1) is 5.92 Å². The lowest BCUT2D eigenvalue weighted by molar-refractivity contribution is 0.680. The lowest BCUT2D eigenvalue weighted by Crippen LogP contribution is -2.36. The van der Waals surface area contributed by atoms with Gasteiger partial charge in [0, 0.05) is 23.2 Å². The molecule has 1 aliphatic heterocycles. The number of anilines is 2. The molecule has 0 amide bonds. The maximum atomic E-state index is 3.48. The van der Waals surface area contributed by atoms with Gasteiger partial charge in [-0.3, -0.25) is 0 Å². The Morgan fingerprint density at radius 3 is 2.33 bits per heavy atom. The van der Waals surface area contributed by atoms with E-state index in [0.29, 0.717) is 0 Å². The Balaban J connectivity index is 1.69. The normalized spacial score (nSPS) is 12.3. The Bertz CT molecular complexity index is 644. The summed E-state index contributed by atoms with van der Waals surface area (Å²) in [4.78, 5) is 0. The van der Waals surface area contributed by atoms with Crippen molar-refractivity contribution in [1.29, 1.82) is 0 Å². The highest BCUT2D eigenvalue weighted by Gasteiger charge is 2.21. The largest absolute Gasteiger partial charge is 0.460 e.